The zero-order valence-electron chi connectivity index (χ0n) is 24.7. The molecule has 0 unspecified atom stereocenters. The molecule has 0 aromatic heterocycles. The molecule has 0 atom stereocenters. The van der Waals surface area contributed by atoms with Crippen LogP contribution >= 0.6 is 0 Å². The van der Waals surface area contributed by atoms with Crippen molar-refractivity contribution in [2.75, 3.05) is 24.5 Å². The van der Waals surface area contributed by atoms with Gasteiger partial charge < -0.3 is 9.64 Å². The zero-order valence-corrected chi connectivity index (χ0v) is 24.7. The second kappa shape index (κ2) is 9.39. The molecule has 0 fully saturated rings. The molecule has 4 nitrogen and oxygen atoms in total. The van der Waals surface area contributed by atoms with Gasteiger partial charge in [-0.3, -0.25) is 4.79 Å². The predicted molar refractivity (Wildman–Crippen MR) is 158 cm³/mol. The standard InChI is InChI=1S/C34H45N2O2/c1-9-10-19-36-27-14-12-11-13-25(27)34(7,8)28(36)16-15-24-22-26-30-29(31(24)38-23(2)37)33(5,6)18-21-35(30)20-17-32(26,3)4/h11-16,22H,9-10,17-21H2,1-8H3/q+1. The molecule has 0 saturated carbocycles. The fourth-order valence-electron chi connectivity index (χ4n) is 6.82. The predicted octanol–water partition coefficient (Wildman–Crippen LogP) is 7.67. The lowest BCUT2D eigenvalue weighted by molar-refractivity contribution is -0.438. The average Bonchev–Trinajstić information content (AvgIpc) is 3.06. The van der Waals surface area contributed by atoms with Crippen LogP contribution < -0.4 is 9.64 Å². The normalized spacial score (nSPS) is 20.5. The third-order valence-corrected chi connectivity index (χ3v) is 9.22. The fraction of sp³-hybridized carbons (Fsp3) is 0.529. The number of fused-ring (bicyclic) bond motifs is 1. The largest absolute Gasteiger partial charge is 0.426 e. The summed E-state index contributed by atoms with van der Waals surface area (Å²) in [5.41, 5.74) is 8.74. The number of para-hydroxylation sites is 1. The molecule has 202 valence electrons. The van der Waals surface area contributed by atoms with E-state index in [1.54, 1.807) is 0 Å². The molecule has 0 amide bonds. The number of nitrogens with zero attached hydrogens (tertiary/aromatic N) is 2. The quantitative estimate of drug-likeness (QED) is 0.226. The van der Waals surface area contributed by atoms with Gasteiger partial charge in [0.15, 0.2) is 5.71 Å². The molecule has 3 aliphatic rings. The van der Waals surface area contributed by atoms with Gasteiger partial charge in [0.1, 0.15) is 12.3 Å². The van der Waals surface area contributed by atoms with Crippen LogP contribution in [0.4, 0.5) is 11.4 Å². The van der Waals surface area contributed by atoms with Gasteiger partial charge in [0, 0.05) is 61.0 Å². The second-order valence-corrected chi connectivity index (χ2v) is 13.3. The smallest absolute Gasteiger partial charge is 0.308 e. The van der Waals surface area contributed by atoms with Gasteiger partial charge in [-0.25, -0.2) is 0 Å². The van der Waals surface area contributed by atoms with Gasteiger partial charge in [0.2, 0.25) is 5.69 Å². The first-order valence-corrected chi connectivity index (χ1v) is 14.5. The van der Waals surface area contributed by atoms with Crippen molar-refractivity contribution in [3.8, 4) is 5.75 Å². The summed E-state index contributed by atoms with van der Waals surface area (Å²) in [4.78, 5) is 15.0. The first-order valence-electron chi connectivity index (χ1n) is 14.5. The lowest BCUT2D eigenvalue weighted by atomic mass is 9.68. The van der Waals surface area contributed by atoms with Crippen molar-refractivity contribution in [1.82, 2.24) is 0 Å². The number of hydrogen-bond donors (Lipinski definition) is 0. The van der Waals surface area contributed by atoms with Crippen molar-refractivity contribution in [3.05, 3.63) is 58.7 Å². The summed E-state index contributed by atoms with van der Waals surface area (Å²) < 4.78 is 8.60. The third kappa shape index (κ3) is 4.30. The minimum Gasteiger partial charge on any atom is -0.426 e. The van der Waals surface area contributed by atoms with Gasteiger partial charge in [-0.2, -0.15) is 4.58 Å². The Morgan fingerprint density at radius 3 is 2.37 bits per heavy atom. The summed E-state index contributed by atoms with van der Waals surface area (Å²) in [6.07, 6.45) is 8.98. The number of rotatable bonds is 6. The number of anilines is 1. The van der Waals surface area contributed by atoms with Gasteiger partial charge in [-0.1, -0.05) is 59.2 Å². The lowest BCUT2D eigenvalue weighted by Crippen LogP contribution is -2.45. The highest BCUT2D eigenvalue weighted by atomic mass is 16.5. The summed E-state index contributed by atoms with van der Waals surface area (Å²) >= 11 is 0. The highest BCUT2D eigenvalue weighted by Gasteiger charge is 2.45. The first-order chi connectivity index (χ1) is 17.9. The van der Waals surface area contributed by atoms with Crippen molar-refractivity contribution < 1.29 is 14.1 Å². The van der Waals surface area contributed by atoms with E-state index >= 15 is 0 Å². The second-order valence-electron chi connectivity index (χ2n) is 13.3. The Labute approximate surface area is 229 Å². The van der Waals surface area contributed by atoms with Crippen molar-refractivity contribution in [3.63, 3.8) is 0 Å². The van der Waals surface area contributed by atoms with Crippen LogP contribution in [0, 0.1) is 0 Å². The molecule has 3 heterocycles. The van der Waals surface area contributed by atoms with E-state index in [1.165, 1.54) is 40.7 Å². The van der Waals surface area contributed by atoms with Crippen LogP contribution in [0.5, 0.6) is 5.75 Å². The Hall–Kier alpha value is -2.88. The summed E-state index contributed by atoms with van der Waals surface area (Å²) in [7, 11) is 0. The first kappa shape index (κ1) is 26.7. The van der Waals surface area contributed by atoms with Crippen LogP contribution in [0.2, 0.25) is 0 Å². The highest BCUT2D eigenvalue weighted by molar-refractivity contribution is 6.05. The van der Waals surface area contributed by atoms with E-state index in [1.807, 2.05) is 0 Å². The Balaban J connectivity index is 1.73. The zero-order chi connectivity index (χ0) is 27.5. The minimum atomic E-state index is -0.260. The molecule has 2 aromatic rings. The highest BCUT2D eigenvalue weighted by Crippen LogP contribution is 2.54. The Morgan fingerprint density at radius 1 is 1.00 bits per heavy atom. The number of benzene rings is 2. The molecular formula is C34H45N2O2+. The van der Waals surface area contributed by atoms with E-state index in [2.05, 4.69) is 100 Å². The van der Waals surface area contributed by atoms with Crippen LogP contribution in [-0.2, 0) is 21.0 Å². The van der Waals surface area contributed by atoms with E-state index in [0.717, 1.165) is 56.6 Å². The Morgan fingerprint density at radius 2 is 1.68 bits per heavy atom. The molecule has 0 radical (unpaired) electrons. The van der Waals surface area contributed by atoms with E-state index in [0.29, 0.717) is 0 Å². The molecule has 0 spiro atoms. The van der Waals surface area contributed by atoms with Crippen molar-refractivity contribution in [2.24, 2.45) is 0 Å². The minimum absolute atomic E-state index is 0.0640. The number of unbranched alkanes of at least 4 members (excludes halogenated alkanes) is 1. The summed E-state index contributed by atoms with van der Waals surface area (Å²) in [6.45, 7) is 20.9. The van der Waals surface area contributed by atoms with Gasteiger partial charge >= 0.3 is 5.97 Å². The number of carbonyl (C=O) groups excluding carboxylic acids is 1. The Bertz CT molecular complexity index is 1340. The average molecular weight is 514 g/mol. The van der Waals surface area contributed by atoms with E-state index in [9.17, 15) is 4.79 Å². The third-order valence-electron chi connectivity index (χ3n) is 9.22. The van der Waals surface area contributed by atoms with Gasteiger partial charge in [-0.05, 0) is 55.2 Å². The van der Waals surface area contributed by atoms with E-state index in [4.69, 9.17) is 4.74 Å². The van der Waals surface area contributed by atoms with Crippen LogP contribution in [0.1, 0.15) is 103 Å². The molecule has 38 heavy (non-hydrogen) atoms. The number of allylic oxidation sites excluding steroid dienone is 1. The van der Waals surface area contributed by atoms with Gasteiger partial charge in [0.25, 0.3) is 0 Å². The maximum Gasteiger partial charge on any atom is 0.308 e. The summed E-state index contributed by atoms with van der Waals surface area (Å²) in [5.74, 6) is 0.485. The molecule has 2 aromatic carbocycles. The molecular weight excluding hydrogens is 468 g/mol. The van der Waals surface area contributed by atoms with Gasteiger partial charge in [-0.15, -0.1) is 0 Å². The van der Waals surface area contributed by atoms with E-state index in [-0.39, 0.29) is 22.2 Å². The lowest BCUT2D eigenvalue weighted by Gasteiger charge is -2.48. The summed E-state index contributed by atoms with van der Waals surface area (Å²) in [6, 6.07) is 11.1. The molecule has 0 aliphatic carbocycles. The molecule has 0 N–H and O–H groups in total. The fourth-order valence-corrected chi connectivity index (χ4v) is 6.82. The monoisotopic (exact) mass is 513 g/mol. The Kier molecular flexibility index (Phi) is 6.60. The topological polar surface area (TPSA) is 32.6 Å². The van der Waals surface area contributed by atoms with Crippen molar-refractivity contribution in [1.29, 1.82) is 0 Å². The van der Waals surface area contributed by atoms with Crippen LogP contribution in [0.3, 0.4) is 0 Å². The SMILES string of the molecule is CCCC[N+]1=C(/C=C/c2cc3c4c(c2OC(C)=O)C(C)(C)CCN4CCC3(C)C)C(C)(C)c2ccccc21. The van der Waals surface area contributed by atoms with Crippen molar-refractivity contribution >= 4 is 29.1 Å². The number of esters is 1. The van der Waals surface area contributed by atoms with Gasteiger partial charge in [0.05, 0.1) is 5.41 Å². The van der Waals surface area contributed by atoms with Crippen LogP contribution in [0.25, 0.3) is 6.08 Å². The van der Waals surface area contributed by atoms with Crippen LogP contribution in [-0.4, -0.2) is 35.9 Å². The maximum atomic E-state index is 12.4. The molecule has 3 aliphatic heterocycles. The molecule has 4 heteroatoms. The number of hydrogen-bond acceptors (Lipinski definition) is 3. The molecule has 0 bridgehead atoms. The molecule has 0 saturated heterocycles. The van der Waals surface area contributed by atoms with E-state index < -0.39 is 0 Å². The van der Waals surface area contributed by atoms with Crippen LogP contribution in [0.15, 0.2) is 36.4 Å². The molecule has 5 rings (SSSR count). The maximum absolute atomic E-state index is 12.4. The van der Waals surface area contributed by atoms with Crippen molar-refractivity contribution in [2.45, 2.75) is 97.3 Å². The summed E-state index contributed by atoms with van der Waals surface area (Å²) in [5, 5.41) is 0. The number of carbonyl (C=O) groups is 1. The number of ether oxygens (including phenoxy) is 1.